The van der Waals surface area contributed by atoms with Crippen LogP contribution in [0.2, 0.25) is 0 Å². The molecule has 0 heterocycles. The summed E-state index contributed by atoms with van der Waals surface area (Å²) >= 11 is 3.66. The summed E-state index contributed by atoms with van der Waals surface area (Å²) in [6, 6.07) is 4.36. The number of aryl methyl sites for hydroxylation is 1. The molecule has 4 bridgehead atoms. The van der Waals surface area contributed by atoms with E-state index >= 15 is 0 Å². The highest BCUT2D eigenvalue weighted by Crippen LogP contribution is 2.55. The predicted octanol–water partition coefficient (Wildman–Crippen LogP) is 4.82. The van der Waals surface area contributed by atoms with Gasteiger partial charge in [-0.1, -0.05) is 15.9 Å². The van der Waals surface area contributed by atoms with Gasteiger partial charge in [-0.2, -0.15) is 0 Å². The number of benzene rings is 1. The minimum Gasteiger partial charge on any atom is -0.496 e. The van der Waals surface area contributed by atoms with Gasteiger partial charge in [-0.15, -0.1) is 0 Å². The van der Waals surface area contributed by atoms with Crippen LogP contribution in [-0.4, -0.2) is 12.6 Å². The fraction of sp³-hybridized carbons (Fsp3) is 0.684. The molecule has 1 aromatic carbocycles. The van der Waals surface area contributed by atoms with Crippen molar-refractivity contribution in [3.8, 4) is 5.75 Å². The molecule has 1 N–H and O–H groups in total. The lowest BCUT2D eigenvalue weighted by atomic mass is 9.53. The third-order valence-corrected chi connectivity index (χ3v) is 7.11. The van der Waals surface area contributed by atoms with Gasteiger partial charge in [-0.25, -0.2) is 0 Å². The van der Waals surface area contributed by atoms with Crippen molar-refractivity contribution in [3.05, 3.63) is 27.7 Å². The first-order valence-corrected chi connectivity index (χ1v) is 9.44. The Morgan fingerprint density at radius 3 is 2.27 bits per heavy atom. The average Bonchev–Trinajstić information content (AvgIpc) is 2.46. The number of nitrogens with one attached hydrogen (secondary N) is 1. The van der Waals surface area contributed by atoms with Crippen molar-refractivity contribution in [2.45, 2.75) is 57.5 Å². The van der Waals surface area contributed by atoms with E-state index in [4.69, 9.17) is 4.74 Å². The van der Waals surface area contributed by atoms with Gasteiger partial charge in [0, 0.05) is 22.1 Å². The Labute approximate surface area is 142 Å². The van der Waals surface area contributed by atoms with Crippen molar-refractivity contribution in [2.24, 2.45) is 17.8 Å². The fourth-order valence-electron chi connectivity index (χ4n) is 5.63. The first-order chi connectivity index (χ1) is 10.6. The van der Waals surface area contributed by atoms with Crippen LogP contribution in [0, 0.1) is 24.7 Å². The van der Waals surface area contributed by atoms with E-state index in [2.05, 4.69) is 40.3 Å². The van der Waals surface area contributed by atoms with E-state index in [1.54, 1.807) is 7.11 Å². The van der Waals surface area contributed by atoms with Crippen LogP contribution in [0.15, 0.2) is 16.6 Å². The van der Waals surface area contributed by atoms with E-state index in [0.29, 0.717) is 5.54 Å². The Hall–Kier alpha value is -0.540. The van der Waals surface area contributed by atoms with E-state index in [-0.39, 0.29) is 0 Å². The van der Waals surface area contributed by atoms with Crippen LogP contribution in [0.25, 0.3) is 0 Å². The predicted molar refractivity (Wildman–Crippen MR) is 93.2 cm³/mol. The van der Waals surface area contributed by atoms with Gasteiger partial charge in [-0.05, 0) is 80.9 Å². The van der Waals surface area contributed by atoms with Gasteiger partial charge in [0.15, 0.2) is 0 Å². The summed E-state index contributed by atoms with van der Waals surface area (Å²) in [5.41, 5.74) is 2.92. The smallest absolute Gasteiger partial charge is 0.123 e. The molecule has 0 amide bonds. The lowest BCUT2D eigenvalue weighted by Crippen LogP contribution is -2.58. The summed E-state index contributed by atoms with van der Waals surface area (Å²) in [6.45, 7) is 3.04. The first-order valence-electron chi connectivity index (χ1n) is 8.65. The summed E-state index contributed by atoms with van der Waals surface area (Å²) in [7, 11) is 1.77. The van der Waals surface area contributed by atoms with Crippen molar-refractivity contribution < 1.29 is 4.74 Å². The first kappa shape index (κ1) is 15.0. The van der Waals surface area contributed by atoms with Crippen molar-refractivity contribution in [1.29, 1.82) is 0 Å². The average molecular weight is 364 g/mol. The van der Waals surface area contributed by atoms with Gasteiger partial charge in [-0.3, -0.25) is 0 Å². The molecule has 4 fully saturated rings. The maximum absolute atomic E-state index is 5.59. The zero-order chi connectivity index (χ0) is 15.3. The summed E-state index contributed by atoms with van der Waals surface area (Å²) in [4.78, 5) is 0. The van der Waals surface area contributed by atoms with Gasteiger partial charge >= 0.3 is 0 Å². The van der Waals surface area contributed by atoms with Crippen molar-refractivity contribution >= 4 is 15.9 Å². The van der Waals surface area contributed by atoms with Crippen LogP contribution in [0.4, 0.5) is 0 Å². The molecule has 4 aliphatic rings. The Bertz CT molecular complexity index is 548. The van der Waals surface area contributed by atoms with Crippen LogP contribution in [-0.2, 0) is 6.54 Å². The zero-order valence-electron chi connectivity index (χ0n) is 13.6. The van der Waals surface area contributed by atoms with Crippen LogP contribution in [0.5, 0.6) is 5.75 Å². The van der Waals surface area contributed by atoms with Gasteiger partial charge in [0.25, 0.3) is 0 Å². The molecule has 0 spiro atoms. The lowest BCUT2D eigenvalue weighted by Gasteiger charge is -2.57. The molecule has 1 aromatic rings. The summed E-state index contributed by atoms with van der Waals surface area (Å²) in [5.74, 6) is 3.99. The third kappa shape index (κ3) is 2.60. The molecular weight excluding hydrogens is 338 g/mol. The molecule has 0 aliphatic heterocycles. The molecule has 0 radical (unpaired) electrons. The second kappa shape index (κ2) is 5.52. The van der Waals surface area contributed by atoms with Crippen LogP contribution in [0.1, 0.15) is 49.7 Å². The van der Waals surface area contributed by atoms with E-state index in [9.17, 15) is 0 Å². The van der Waals surface area contributed by atoms with Crippen molar-refractivity contribution in [1.82, 2.24) is 5.32 Å². The monoisotopic (exact) mass is 363 g/mol. The summed E-state index contributed by atoms with van der Waals surface area (Å²) in [6.07, 6.45) is 8.69. The SMILES string of the molecule is COc1cc(C)c(Br)cc1CNC12CC3CC(CC(C3)C1)C2. The second-order valence-electron chi connectivity index (χ2n) is 7.96. The maximum atomic E-state index is 5.59. The number of ether oxygens (including phenoxy) is 1. The Balaban J connectivity index is 1.52. The molecule has 4 saturated carbocycles. The molecule has 120 valence electrons. The highest BCUT2D eigenvalue weighted by atomic mass is 79.9. The van der Waals surface area contributed by atoms with Crippen molar-refractivity contribution in [2.75, 3.05) is 7.11 Å². The molecule has 4 aliphatic carbocycles. The van der Waals surface area contributed by atoms with Crippen LogP contribution < -0.4 is 10.1 Å². The zero-order valence-corrected chi connectivity index (χ0v) is 15.2. The normalized spacial score (nSPS) is 35.9. The third-order valence-electron chi connectivity index (χ3n) is 6.25. The maximum Gasteiger partial charge on any atom is 0.123 e. The van der Waals surface area contributed by atoms with E-state index in [1.165, 1.54) is 54.1 Å². The topological polar surface area (TPSA) is 21.3 Å². The second-order valence-corrected chi connectivity index (χ2v) is 8.82. The molecule has 0 atom stereocenters. The molecular formula is C19H26BrNO. The number of hydrogen-bond acceptors (Lipinski definition) is 2. The number of methoxy groups -OCH3 is 1. The molecule has 22 heavy (non-hydrogen) atoms. The minimum atomic E-state index is 0.414. The molecule has 3 heteroatoms. The highest BCUT2D eigenvalue weighted by molar-refractivity contribution is 9.10. The van der Waals surface area contributed by atoms with Gasteiger partial charge in [0.05, 0.1) is 7.11 Å². The van der Waals surface area contributed by atoms with E-state index in [0.717, 1.165) is 30.0 Å². The molecule has 5 rings (SSSR count). The van der Waals surface area contributed by atoms with E-state index in [1.807, 2.05) is 0 Å². The molecule has 0 unspecified atom stereocenters. The standard InChI is InChI=1S/C19H26BrNO/c1-12-3-18(22-2)16(7-17(12)20)11-21-19-8-13-4-14(9-19)6-15(5-13)10-19/h3,7,13-15,21H,4-6,8-11H2,1-2H3. The Morgan fingerprint density at radius 2 is 1.73 bits per heavy atom. The number of rotatable bonds is 4. The molecule has 0 aromatic heterocycles. The Morgan fingerprint density at radius 1 is 1.14 bits per heavy atom. The molecule has 2 nitrogen and oxygen atoms in total. The molecule has 0 saturated heterocycles. The quantitative estimate of drug-likeness (QED) is 0.827. The van der Waals surface area contributed by atoms with E-state index < -0.39 is 0 Å². The van der Waals surface area contributed by atoms with Crippen LogP contribution in [0.3, 0.4) is 0 Å². The van der Waals surface area contributed by atoms with Crippen LogP contribution >= 0.6 is 15.9 Å². The highest BCUT2D eigenvalue weighted by Gasteiger charge is 2.50. The minimum absolute atomic E-state index is 0.414. The summed E-state index contributed by atoms with van der Waals surface area (Å²) < 4.78 is 6.77. The number of halogens is 1. The van der Waals surface area contributed by atoms with Gasteiger partial charge in [0.2, 0.25) is 0 Å². The number of hydrogen-bond donors (Lipinski definition) is 1. The summed E-state index contributed by atoms with van der Waals surface area (Å²) in [5, 5.41) is 3.96. The fourth-order valence-corrected chi connectivity index (χ4v) is 6.03. The van der Waals surface area contributed by atoms with Gasteiger partial charge in [0.1, 0.15) is 5.75 Å². The largest absolute Gasteiger partial charge is 0.496 e. The van der Waals surface area contributed by atoms with Gasteiger partial charge < -0.3 is 10.1 Å². The van der Waals surface area contributed by atoms with Crippen molar-refractivity contribution in [3.63, 3.8) is 0 Å². The Kier molecular flexibility index (Phi) is 3.77. The lowest BCUT2D eigenvalue weighted by molar-refractivity contribution is -0.0206.